The number of likely N-dealkylation sites (tertiary alicyclic amines) is 1. The summed E-state index contributed by atoms with van der Waals surface area (Å²) in [6, 6.07) is 5.26. The molecule has 1 aliphatic heterocycles. The van der Waals surface area contributed by atoms with Gasteiger partial charge in [-0.3, -0.25) is 9.59 Å². The number of rotatable bonds is 4. The topological polar surface area (TPSA) is 110 Å². The summed E-state index contributed by atoms with van der Waals surface area (Å²) in [6.45, 7) is 2.30. The van der Waals surface area contributed by atoms with Crippen LogP contribution in [-0.4, -0.2) is 51.3 Å². The Hall–Kier alpha value is -2.42. The molecule has 0 unspecified atom stereocenters. The summed E-state index contributed by atoms with van der Waals surface area (Å²) in [7, 11) is -2.90. The molecule has 0 spiro atoms. The lowest BCUT2D eigenvalue weighted by Crippen LogP contribution is -2.43. The molecule has 1 aromatic carbocycles. The zero-order valence-corrected chi connectivity index (χ0v) is 14.8. The second-order valence-electron chi connectivity index (χ2n) is 5.77. The monoisotopic (exact) mass is 368 g/mol. The van der Waals surface area contributed by atoms with Crippen molar-refractivity contribution in [1.82, 2.24) is 9.62 Å². The molecule has 1 N–H and O–H groups in total. The quantitative estimate of drug-likeness (QED) is 0.777. The van der Waals surface area contributed by atoms with Gasteiger partial charge >= 0.3 is 5.97 Å². The maximum Gasteiger partial charge on any atom is 0.337 e. The van der Waals surface area contributed by atoms with E-state index in [-0.39, 0.29) is 16.4 Å². The molecule has 0 radical (unpaired) electrons. The summed E-state index contributed by atoms with van der Waals surface area (Å²) in [5, 5.41) is 0. The van der Waals surface area contributed by atoms with Gasteiger partial charge < -0.3 is 9.64 Å². The van der Waals surface area contributed by atoms with Crippen molar-refractivity contribution in [2.24, 2.45) is 5.92 Å². The second-order valence-corrected chi connectivity index (χ2v) is 7.45. The van der Waals surface area contributed by atoms with Gasteiger partial charge in [-0.15, -0.1) is 0 Å². The first kappa shape index (κ1) is 18.9. The molecule has 136 valence electrons. The Kier molecular flexibility index (Phi) is 5.78. The van der Waals surface area contributed by atoms with Crippen molar-refractivity contribution in [2.45, 2.75) is 24.7 Å². The van der Waals surface area contributed by atoms with Crippen LogP contribution in [-0.2, 0) is 24.3 Å². The summed E-state index contributed by atoms with van der Waals surface area (Å²) in [5.41, 5.74) is 0.0765. The third kappa shape index (κ3) is 4.56. The van der Waals surface area contributed by atoms with Gasteiger partial charge in [-0.1, -0.05) is 6.07 Å². The summed E-state index contributed by atoms with van der Waals surface area (Å²) in [4.78, 5) is 36.5. The van der Waals surface area contributed by atoms with Crippen molar-refractivity contribution in [1.29, 1.82) is 0 Å². The number of carbonyl (C=O) groups is 3. The first-order valence-corrected chi connectivity index (χ1v) is 9.23. The molecular weight excluding hydrogens is 348 g/mol. The fourth-order valence-corrected chi connectivity index (χ4v) is 3.73. The van der Waals surface area contributed by atoms with E-state index in [9.17, 15) is 22.8 Å². The van der Waals surface area contributed by atoms with Crippen LogP contribution in [0.1, 0.15) is 30.1 Å². The van der Waals surface area contributed by atoms with Crippen LogP contribution in [0.2, 0.25) is 0 Å². The molecule has 1 aromatic rings. The van der Waals surface area contributed by atoms with Gasteiger partial charge in [0.1, 0.15) is 0 Å². The van der Waals surface area contributed by atoms with E-state index in [4.69, 9.17) is 0 Å². The number of benzene rings is 1. The molecule has 8 nitrogen and oxygen atoms in total. The lowest BCUT2D eigenvalue weighted by atomic mass is 9.96. The molecule has 1 fully saturated rings. The number of amides is 2. The third-order valence-corrected chi connectivity index (χ3v) is 5.46. The Labute approximate surface area is 146 Å². The number of methoxy groups -OCH3 is 1. The number of esters is 1. The third-order valence-electron chi connectivity index (χ3n) is 4.11. The van der Waals surface area contributed by atoms with Crippen LogP contribution in [0, 0.1) is 5.92 Å². The van der Waals surface area contributed by atoms with Crippen LogP contribution in [0.5, 0.6) is 0 Å². The fourth-order valence-electron chi connectivity index (χ4n) is 2.64. The number of nitrogens with one attached hydrogen (secondary N) is 1. The normalized spacial score (nSPS) is 15.5. The Morgan fingerprint density at radius 2 is 1.84 bits per heavy atom. The van der Waals surface area contributed by atoms with Crippen LogP contribution in [0.25, 0.3) is 0 Å². The van der Waals surface area contributed by atoms with E-state index < -0.39 is 27.8 Å². The van der Waals surface area contributed by atoms with Crippen molar-refractivity contribution in [3.05, 3.63) is 29.8 Å². The Bertz CT molecular complexity index is 782. The predicted octanol–water partition coefficient (Wildman–Crippen LogP) is 0.537. The summed E-state index contributed by atoms with van der Waals surface area (Å²) in [5.74, 6) is -1.81. The molecule has 2 rings (SSSR count). The average Bonchev–Trinajstić information content (AvgIpc) is 2.60. The number of sulfonamides is 1. The van der Waals surface area contributed by atoms with E-state index in [1.807, 2.05) is 4.72 Å². The zero-order chi connectivity index (χ0) is 18.6. The number of piperidine rings is 1. The summed E-state index contributed by atoms with van der Waals surface area (Å²) < 4.78 is 31.3. The molecule has 9 heteroatoms. The van der Waals surface area contributed by atoms with Gasteiger partial charge in [-0.2, -0.15) is 0 Å². The van der Waals surface area contributed by atoms with Crippen molar-refractivity contribution in [2.75, 3.05) is 20.2 Å². The molecule has 0 bridgehead atoms. The van der Waals surface area contributed by atoms with Crippen LogP contribution >= 0.6 is 0 Å². The van der Waals surface area contributed by atoms with E-state index in [0.29, 0.717) is 25.9 Å². The molecule has 0 aliphatic carbocycles. The zero-order valence-electron chi connectivity index (χ0n) is 14.0. The SMILES string of the molecule is COC(=O)c1cccc(S(=O)(=O)NC(=O)C2CCN(C(C)=O)CC2)c1. The molecule has 1 saturated heterocycles. The molecule has 25 heavy (non-hydrogen) atoms. The second kappa shape index (κ2) is 7.64. The van der Waals surface area contributed by atoms with Crippen LogP contribution in [0.4, 0.5) is 0 Å². The van der Waals surface area contributed by atoms with Crippen LogP contribution in [0.15, 0.2) is 29.2 Å². The summed E-state index contributed by atoms with van der Waals surface area (Å²) >= 11 is 0. The highest BCUT2D eigenvalue weighted by Crippen LogP contribution is 2.19. The molecule has 0 saturated carbocycles. The number of carbonyl (C=O) groups excluding carboxylic acids is 3. The minimum absolute atomic E-state index is 0.0638. The largest absolute Gasteiger partial charge is 0.465 e. The maximum atomic E-state index is 12.4. The molecule has 0 atom stereocenters. The van der Waals surface area contributed by atoms with Gasteiger partial charge in [0.05, 0.1) is 17.6 Å². The van der Waals surface area contributed by atoms with Crippen molar-refractivity contribution < 1.29 is 27.5 Å². The predicted molar refractivity (Wildman–Crippen MR) is 88.1 cm³/mol. The van der Waals surface area contributed by atoms with E-state index in [1.54, 1.807) is 4.90 Å². The lowest BCUT2D eigenvalue weighted by molar-refractivity contribution is -0.133. The molecule has 0 aromatic heterocycles. The molecular formula is C16H20N2O6S. The van der Waals surface area contributed by atoms with Crippen molar-refractivity contribution in [3.8, 4) is 0 Å². The van der Waals surface area contributed by atoms with Crippen molar-refractivity contribution in [3.63, 3.8) is 0 Å². The molecule has 2 amide bonds. The standard InChI is InChI=1S/C16H20N2O6S/c1-11(19)18-8-6-12(7-9-18)15(20)17-25(22,23)14-5-3-4-13(10-14)16(21)24-2/h3-5,10,12H,6-9H2,1-2H3,(H,17,20). The van der Waals surface area contributed by atoms with E-state index in [0.717, 1.165) is 6.07 Å². The van der Waals surface area contributed by atoms with Gasteiger partial charge in [-0.25, -0.2) is 17.9 Å². The van der Waals surface area contributed by atoms with Gasteiger partial charge in [0.2, 0.25) is 11.8 Å². The van der Waals surface area contributed by atoms with Crippen LogP contribution in [0.3, 0.4) is 0 Å². The van der Waals surface area contributed by atoms with E-state index >= 15 is 0 Å². The Morgan fingerprint density at radius 3 is 2.40 bits per heavy atom. The molecule has 1 aliphatic rings. The first-order valence-electron chi connectivity index (χ1n) is 7.75. The Balaban J connectivity index is 2.07. The Morgan fingerprint density at radius 1 is 1.20 bits per heavy atom. The maximum absolute atomic E-state index is 12.4. The number of nitrogens with zero attached hydrogens (tertiary/aromatic N) is 1. The number of hydrogen-bond acceptors (Lipinski definition) is 6. The van der Waals surface area contributed by atoms with Gasteiger partial charge in [0.25, 0.3) is 10.0 Å². The smallest absolute Gasteiger partial charge is 0.337 e. The van der Waals surface area contributed by atoms with Crippen LogP contribution < -0.4 is 4.72 Å². The molecule has 1 heterocycles. The highest BCUT2D eigenvalue weighted by atomic mass is 32.2. The minimum Gasteiger partial charge on any atom is -0.465 e. The van der Waals surface area contributed by atoms with Gasteiger partial charge in [0.15, 0.2) is 0 Å². The summed E-state index contributed by atoms with van der Waals surface area (Å²) in [6.07, 6.45) is 0.812. The average molecular weight is 368 g/mol. The minimum atomic E-state index is -4.09. The fraction of sp³-hybridized carbons (Fsp3) is 0.438. The number of hydrogen-bond donors (Lipinski definition) is 1. The van der Waals surface area contributed by atoms with E-state index in [2.05, 4.69) is 4.74 Å². The highest BCUT2D eigenvalue weighted by Gasteiger charge is 2.29. The van der Waals surface area contributed by atoms with E-state index in [1.165, 1.54) is 32.2 Å². The van der Waals surface area contributed by atoms with Gasteiger partial charge in [-0.05, 0) is 31.0 Å². The number of ether oxygens (including phenoxy) is 1. The lowest BCUT2D eigenvalue weighted by Gasteiger charge is -2.30. The van der Waals surface area contributed by atoms with Gasteiger partial charge in [0, 0.05) is 25.9 Å². The first-order chi connectivity index (χ1) is 11.7. The van der Waals surface area contributed by atoms with Crippen molar-refractivity contribution >= 4 is 27.8 Å². The highest BCUT2D eigenvalue weighted by molar-refractivity contribution is 7.90.